The van der Waals surface area contributed by atoms with Gasteiger partial charge in [0.2, 0.25) is 0 Å². The van der Waals surface area contributed by atoms with E-state index >= 15 is 0 Å². The van der Waals surface area contributed by atoms with Crippen molar-refractivity contribution >= 4 is 0 Å². The molecule has 0 bridgehead atoms. The molecule has 1 heterocycles. The first-order valence-corrected chi connectivity index (χ1v) is 7.61. The molecule has 0 radical (unpaired) electrons. The van der Waals surface area contributed by atoms with Gasteiger partial charge in [0.05, 0.1) is 13.2 Å². The third kappa shape index (κ3) is 3.29. The van der Waals surface area contributed by atoms with Crippen molar-refractivity contribution in [1.82, 2.24) is 5.32 Å². The van der Waals surface area contributed by atoms with E-state index in [1.54, 1.807) is 6.07 Å². The van der Waals surface area contributed by atoms with Crippen molar-refractivity contribution in [3.05, 3.63) is 65.0 Å². The van der Waals surface area contributed by atoms with Gasteiger partial charge in [0.1, 0.15) is 11.6 Å². The molecule has 3 nitrogen and oxygen atoms in total. The quantitative estimate of drug-likeness (QED) is 0.910. The van der Waals surface area contributed by atoms with Gasteiger partial charge in [-0.15, -0.1) is 0 Å². The molecule has 22 heavy (non-hydrogen) atoms. The van der Waals surface area contributed by atoms with E-state index in [9.17, 15) is 9.50 Å². The summed E-state index contributed by atoms with van der Waals surface area (Å²) in [5.41, 5.74) is 3.01. The molecule has 1 aliphatic rings. The number of hydrogen-bond acceptors (Lipinski definition) is 3. The van der Waals surface area contributed by atoms with Gasteiger partial charge < -0.3 is 15.2 Å². The highest BCUT2D eigenvalue weighted by Gasteiger charge is 2.20. The Morgan fingerprint density at radius 1 is 1.18 bits per heavy atom. The Bertz CT molecular complexity index is 645. The zero-order valence-corrected chi connectivity index (χ0v) is 12.4. The molecule has 4 heteroatoms. The van der Waals surface area contributed by atoms with Crippen LogP contribution in [0.25, 0.3) is 0 Å². The summed E-state index contributed by atoms with van der Waals surface area (Å²) < 4.78 is 19.0. The van der Waals surface area contributed by atoms with Crippen LogP contribution in [0.1, 0.15) is 35.6 Å². The van der Waals surface area contributed by atoms with Gasteiger partial charge in [-0.3, -0.25) is 0 Å². The Hall–Kier alpha value is -1.91. The predicted octanol–water partition coefficient (Wildman–Crippen LogP) is 3.32. The fraction of sp³-hybridized carbons (Fsp3) is 0.333. The third-order valence-corrected chi connectivity index (χ3v) is 4.07. The van der Waals surface area contributed by atoms with Crippen LogP contribution in [0.5, 0.6) is 5.75 Å². The average Bonchev–Trinajstić information content (AvgIpc) is 2.74. The highest BCUT2D eigenvalue weighted by molar-refractivity contribution is 5.37. The van der Waals surface area contributed by atoms with Gasteiger partial charge in [0, 0.05) is 24.2 Å². The number of aliphatic hydroxyl groups excluding tert-OH is 1. The Kier molecular flexibility index (Phi) is 4.71. The van der Waals surface area contributed by atoms with Crippen LogP contribution < -0.4 is 10.1 Å². The van der Waals surface area contributed by atoms with Crippen molar-refractivity contribution in [2.24, 2.45) is 0 Å². The molecular formula is C18H20FNO2. The zero-order valence-electron chi connectivity index (χ0n) is 12.4. The van der Waals surface area contributed by atoms with Gasteiger partial charge in [-0.1, -0.05) is 30.3 Å². The third-order valence-electron chi connectivity index (χ3n) is 4.07. The standard InChI is InChI=1S/C18H20FNO2/c19-15-7-8-16-17(6-3-9-22-18(16)10-15)20-11-13-4-1-2-5-14(13)12-21/h1-2,4-5,7-8,10,17,20-21H,3,6,9,11-12H2/t17-/m0/s1. The Morgan fingerprint density at radius 2 is 2.00 bits per heavy atom. The second-order valence-corrected chi connectivity index (χ2v) is 5.53. The van der Waals surface area contributed by atoms with Crippen LogP contribution in [0, 0.1) is 5.82 Å². The van der Waals surface area contributed by atoms with Gasteiger partial charge >= 0.3 is 0 Å². The number of hydrogen-bond donors (Lipinski definition) is 2. The number of fused-ring (bicyclic) bond motifs is 1. The molecule has 0 aromatic heterocycles. The summed E-state index contributed by atoms with van der Waals surface area (Å²) in [7, 11) is 0. The normalized spacial score (nSPS) is 17.5. The van der Waals surface area contributed by atoms with E-state index in [-0.39, 0.29) is 18.5 Å². The average molecular weight is 301 g/mol. The zero-order chi connectivity index (χ0) is 15.4. The molecule has 2 aromatic rings. The first-order chi connectivity index (χ1) is 10.8. The van der Waals surface area contributed by atoms with Crippen LogP contribution in [0.4, 0.5) is 4.39 Å². The number of benzene rings is 2. The van der Waals surface area contributed by atoms with Crippen molar-refractivity contribution in [1.29, 1.82) is 0 Å². The highest BCUT2D eigenvalue weighted by Crippen LogP contribution is 2.32. The summed E-state index contributed by atoms with van der Waals surface area (Å²) in [6.45, 7) is 1.31. The predicted molar refractivity (Wildman–Crippen MR) is 83.1 cm³/mol. The van der Waals surface area contributed by atoms with Gasteiger partial charge in [0.15, 0.2) is 0 Å². The molecule has 3 rings (SSSR count). The summed E-state index contributed by atoms with van der Waals surface area (Å²) in [4.78, 5) is 0. The second-order valence-electron chi connectivity index (χ2n) is 5.53. The Morgan fingerprint density at radius 3 is 2.82 bits per heavy atom. The van der Waals surface area contributed by atoms with Crippen LogP contribution >= 0.6 is 0 Å². The van der Waals surface area contributed by atoms with E-state index in [1.165, 1.54) is 12.1 Å². The van der Waals surface area contributed by atoms with Crippen molar-refractivity contribution in [3.63, 3.8) is 0 Å². The maximum atomic E-state index is 13.4. The van der Waals surface area contributed by atoms with Gasteiger partial charge in [0.25, 0.3) is 0 Å². The number of rotatable bonds is 4. The maximum Gasteiger partial charge on any atom is 0.126 e. The van der Waals surface area contributed by atoms with Gasteiger partial charge in [-0.05, 0) is 30.0 Å². The van der Waals surface area contributed by atoms with Gasteiger partial charge in [-0.25, -0.2) is 4.39 Å². The van der Waals surface area contributed by atoms with E-state index in [2.05, 4.69) is 5.32 Å². The molecule has 0 spiro atoms. The lowest BCUT2D eigenvalue weighted by Gasteiger charge is -2.19. The number of aliphatic hydroxyl groups is 1. The van der Waals surface area contributed by atoms with Crippen LogP contribution in [0.3, 0.4) is 0 Å². The topological polar surface area (TPSA) is 41.5 Å². The van der Waals surface area contributed by atoms with Crippen LogP contribution in [-0.2, 0) is 13.2 Å². The number of nitrogens with one attached hydrogen (secondary N) is 1. The number of halogens is 1. The summed E-state index contributed by atoms with van der Waals surface area (Å²) in [6.07, 6.45) is 1.87. The SMILES string of the molecule is OCc1ccccc1CN[C@H]1CCCOc2cc(F)ccc21. The monoisotopic (exact) mass is 301 g/mol. The molecule has 1 aliphatic heterocycles. The van der Waals surface area contributed by atoms with E-state index in [4.69, 9.17) is 4.74 Å². The molecule has 0 unspecified atom stereocenters. The fourth-order valence-corrected chi connectivity index (χ4v) is 2.88. The van der Waals surface area contributed by atoms with Gasteiger partial charge in [-0.2, -0.15) is 0 Å². The summed E-state index contributed by atoms with van der Waals surface area (Å²) >= 11 is 0. The summed E-state index contributed by atoms with van der Waals surface area (Å²) in [5, 5.41) is 12.9. The van der Waals surface area contributed by atoms with Crippen molar-refractivity contribution in [2.75, 3.05) is 6.61 Å². The van der Waals surface area contributed by atoms with E-state index in [1.807, 2.05) is 24.3 Å². The molecule has 116 valence electrons. The van der Waals surface area contributed by atoms with Crippen LogP contribution in [0.15, 0.2) is 42.5 Å². The van der Waals surface area contributed by atoms with E-state index in [0.29, 0.717) is 18.9 Å². The lowest BCUT2D eigenvalue weighted by molar-refractivity contribution is 0.280. The molecule has 0 saturated heterocycles. The van der Waals surface area contributed by atoms with E-state index < -0.39 is 0 Å². The summed E-state index contributed by atoms with van der Waals surface area (Å²) in [6, 6.07) is 12.7. The Labute approximate surface area is 129 Å². The summed E-state index contributed by atoms with van der Waals surface area (Å²) in [5.74, 6) is 0.357. The molecule has 0 saturated carbocycles. The lowest BCUT2D eigenvalue weighted by atomic mass is 10.0. The molecule has 0 fully saturated rings. The van der Waals surface area contributed by atoms with E-state index in [0.717, 1.165) is 29.5 Å². The molecule has 2 aromatic carbocycles. The first kappa shape index (κ1) is 15.0. The molecule has 0 aliphatic carbocycles. The molecule has 1 atom stereocenters. The largest absolute Gasteiger partial charge is 0.493 e. The minimum Gasteiger partial charge on any atom is -0.493 e. The fourth-order valence-electron chi connectivity index (χ4n) is 2.88. The van der Waals surface area contributed by atoms with Crippen molar-refractivity contribution in [3.8, 4) is 5.75 Å². The lowest BCUT2D eigenvalue weighted by Crippen LogP contribution is -2.21. The number of ether oxygens (including phenoxy) is 1. The minimum atomic E-state index is -0.273. The van der Waals surface area contributed by atoms with Crippen LogP contribution in [-0.4, -0.2) is 11.7 Å². The second kappa shape index (κ2) is 6.90. The van der Waals surface area contributed by atoms with Crippen LogP contribution in [0.2, 0.25) is 0 Å². The molecule has 0 amide bonds. The van der Waals surface area contributed by atoms with Crippen molar-refractivity contribution in [2.45, 2.75) is 32.0 Å². The minimum absolute atomic E-state index is 0.0351. The smallest absolute Gasteiger partial charge is 0.126 e. The highest BCUT2D eigenvalue weighted by atomic mass is 19.1. The molecular weight excluding hydrogens is 281 g/mol. The van der Waals surface area contributed by atoms with Crippen molar-refractivity contribution < 1.29 is 14.2 Å². The molecule has 2 N–H and O–H groups in total. The maximum absolute atomic E-state index is 13.4. The Balaban J connectivity index is 1.78. The first-order valence-electron chi connectivity index (χ1n) is 7.61.